The SMILES string of the molecule is CCOc1ccc(CC(=O)Nc2ccn(Cc3cccc(C)c3)n2)cc1OCC. The molecule has 0 unspecified atom stereocenters. The molecule has 152 valence electrons. The number of ether oxygens (including phenoxy) is 2. The monoisotopic (exact) mass is 393 g/mol. The Hall–Kier alpha value is -3.28. The number of aryl methyl sites for hydroxylation is 1. The molecule has 3 rings (SSSR count). The van der Waals surface area contributed by atoms with Crippen molar-refractivity contribution in [2.24, 2.45) is 0 Å². The van der Waals surface area contributed by atoms with E-state index in [1.807, 2.05) is 49.0 Å². The number of hydrogen-bond acceptors (Lipinski definition) is 4. The number of carbonyl (C=O) groups excluding carboxylic acids is 1. The maximum Gasteiger partial charge on any atom is 0.229 e. The normalized spacial score (nSPS) is 10.6. The van der Waals surface area contributed by atoms with Crippen LogP contribution >= 0.6 is 0 Å². The fraction of sp³-hybridized carbons (Fsp3) is 0.304. The Labute approximate surface area is 171 Å². The number of rotatable bonds is 9. The third-order valence-corrected chi connectivity index (χ3v) is 4.31. The van der Waals surface area contributed by atoms with Gasteiger partial charge in [0.25, 0.3) is 0 Å². The number of nitrogens with one attached hydrogen (secondary N) is 1. The van der Waals surface area contributed by atoms with E-state index >= 15 is 0 Å². The standard InChI is InChI=1S/C23H27N3O3/c1-4-28-20-10-9-18(14-21(20)29-5-2)15-23(27)24-22-11-12-26(25-22)16-19-8-6-7-17(3)13-19/h6-14H,4-5,15-16H2,1-3H3,(H,24,25,27). The van der Waals surface area contributed by atoms with Crippen LogP contribution in [0.4, 0.5) is 5.82 Å². The van der Waals surface area contributed by atoms with Crippen molar-refractivity contribution in [3.63, 3.8) is 0 Å². The van der Waals surface area contributed by atoms with Gasteiger partial charge in [-0.15, -0.1) is 0 Å². The van der Waals surface area contributed by atoms with Gasteiger partial charge in [0.05, 0.1) is 26.2 Å². The summed E-state index contributed by atoms with van der Waals surface area (Å²) in [5.74, 6) is 1.76. The van der Waals surface area contributed by atoms with Crippen molar-refractivity contribution in [1.29, 1.82) is 0 Å². The lowest BCUT2D eigenvalue weighted by Gasteiger charge is -2.12. The number of hydrogen-bond donors (Lipinski definition) is 1. The average molecular weight is 393 g/mol. The molecular weight excluding hydrogens is 366 g/mol. The van der Waals surface area contributed by atoms with Gasteiger partial charge in [0.15, 0.2) is 17.3 Å². The Morgan fingerprint density at radius 1 is 1.00 bits per heavy atom. The van der Waals surface area contributed by atoms with E-state index in [4.69, 9.17) is 9.47 Å². The van der Waals surface area contributed by atoms with E-state index in [0.29, 0.717) is 37.1 Å². The van der Waals surface area contributed by atoms with E-state index in [1.165, 1.54) is 11.1 Å². The molecule has 6 nitrogen and oxygen atoms in total. The van der Waals surface area contributed by atoms with Crippen molar-refractivity contribution in [2.45, 2.75) is 33.7 Å². The lowest BCUT2D eigenvalue weighted by molar-refractivity contribution is -0.115. The smallest absolute Gasteiger partial charge is 0.229 e. The first-order valence-electron chi connectivity index (χ1n) is 9.84. The first-order valence-corrected chi connectivity index (χ1v) is 9.84. The van der Waals surface area contributed by atoms with Crippen LogP contribution in [-0.4, -0.2) is 28.9 Å². The van der Waals surface area contributed by atoms with Crippen molar-refractivity contribution in [3.8, 4) is 11.5 Å². The minimum Gasteiger partial charge on any atom is -0.490 e. The third-order valence-electron chi connectivity index (χ3n) is 4.31. The van der Waals surface area contributed by atoms with Crippen LogP contribution in [-0.2, 0) is 17.8 Å². The summed E-state index contributed by atoms with van der Waals surface area (Å²) in [7, 11) is 0. The van der Waals surface area contributed by atoms with Crippen LogP contribution < -0.4 is 14.8 Å². The molecule has 1 aromatic heterocycles. The van der Waals surface area contributed by atoms with Crippen molar-refractivity contribution in [1.82, 2.24) is 9.78 Å². The van der Waals surface area contributed by atoms with E-state index < -0.39 is 0 Å². The fourth-order valence-electron chi connectivity index (χ4n) is 3.09. The minimum absolute atomic E-state index is 0.127. The molecule has 0 fully saturated rings. The zero-order valence-electron chi connectivity index (χ0n) is 17.1. The molecule has 0 aliphatic carbocycles. The molecule has 0 saturated carbocycles. The van der Waals surface area contributed by atoms with Crippen LogP contribution in [0.25, 0.3) is 0 Å². The highest BCUT2D eigenvalue weighted by Crippen LogP contribution is 2.28. The molecule has 1 N–H and O–H groups in total. The molecule has 1 heterocycles. The number of anilines is 1. The molecule has 0 bridgehead atoms. The number of carbonyl (C=O) groups is 1. The van der Waals surface area contributed by atoms with Gasteiger partial charge < -0.3 is 14.8 Å². The van der Waals surface area contributed by atoms with Crippen LogP contribution in [0.15, 0.2) is 54.7 Å². The second-order valence-corrected chi connectivity index (χ2v) is 6.76. The third kappa shape index (κ3) is 5.85. The molecule has 3 aromatic rings. The molecule has 6 heteroatoms. The molecule has 0 radical (unpaired) electrons. The summed E-state index contributed by atoms with van der Waals surface area (Å²) in [4.78, 5) is 12.4. The molecule has 1 amide bonds. The maximum atomic E-state index is 12.4. The zero-order chi connectivity index (χ0) is 20.6. The topological polar surface area (TPSA) is 65.4 Å². The number of amides is 1. The largest absolute Gasteiger partial charge is 0.490 e. The van der Waals surface area contributed by atoms with Crippen LogP contribution in [0.2, 0.25) is 0 Å². The average Bonchev–Trinajstić information content (AvgIpc) is 3.10. The highest BCUT2D eigenvalue weighted by molar-refractivity contribution is 5.91. The maximum absolute atomic E-state index is 12.4. The summed E-state index contributed by atoms with van der Waals surface area (Å²) in [6.45, 7) is 7.67. The van der Waals surface area contributed by atoms with E-state index in [0.717, 1.165) is 5.56 Å². The fourth-order valence-corrected chi connectivity index (χ4v) is 3.09. The number of nitrogens with zero attached hydrogens (tertiary/aromatic N) is 2. The van der Waals surface area contributed by atoms with Crippen molar-refractivity contribution < 1.29 is 14.3 Å². The van der Waals surface area contributed by atoms with Crippen LogP contribution in [0.5, 0.6) is 11.5 Å². The summed E-state index contributed by atoms with van der Waals surface area (Å²) in [6.07, 6.45) is 2.10. The molecule has 0 spiro atoms. The Bertz CT molecular complexity index is 966. The Morgan fingerprint density at radius 2 is 1.79 bits per heavy atom. The summed E-state index contributed by atoms with van der Waals surface area (Å²) in [5, 5.41) is 7.30. The minimum atomic E-state index is -0.127. The highest BCUT2D eigenvalue weighted by atomic mass is 16.5. The Kier molecular flexibility index (Phi) is 6.89. The van der Waals surface area contributed by atoms with E-state index in [-0.39, 0.29) is 12.3 Å². The van der Waals surface area contributed by atoms with Gasteiger partial charge in [0, 0.05) is 12.3 Å². The van der Waals surface area contributed by atoms with Crippen LogP contribution in [0.3, 0.4) is 0 Å². The van der Waals surface area contributed by atoms with E-state index in [1.54, 1.807) is 6.07 Å². The van der Waals surface area contributed by atoms with E-state index in [2.05, 4.69) is 35.5 Å². The lowest BCUT2D eigenvalue weighted by atomic mass is 10.1. The predicted octanol–water partition coefficient (Wildman–Crippen LogP) is 4.22. The molecule has 0 atom stereocenters. The molecule has 0 saturated heterocycles. The van der Waals surface area contributed by atoms with Gasteiger partial charge in [-0.1, -0.05) is 35.9 Å². The van der Waals surface area contributed by atoms with E-state index in [9.17, 15) is 4.79 Å². The van der Waals surface area contributed by atoms with Gasteiger partial charge in [-0.3, -0.25) is 9.48 Å². The summed E-state index contributed by atoms with van der Waals surface area (Å²) in [6, 6.07) is 15.7. The van der Waals surface area contributed by atoms with Gasteiger partial charge in [0.1, 0.15) is 0 Å². The predicted molar refractivity (Wildman–Crippen MR) is 114 cm³/mol. The highest BCUT2D eigenvalue weighted by Gasteiger charge is 2.11. The zero-order valence-corrected chi connectivity index (χ0v) is 17.1. The number of aromatic nitrogens is 2. The Balaban J connectivity index is 1.61. The van der Waals surface area contributed by atoms with Gasteiger partial charge >= 0.3 is 0 Å². The molecule has 2 aromatic carbocycles. The first kappa shape index (κ1) is 20.5. The summed E-state index contributed by atoms with van der Waals surface area (Å²) in [5.41, 5.74) is 3.24. The Morgan fingerprint density at radius 3 is 2.55 bits per heavy atom. The van der Waals surface area contributed by atoms with Crippen molar-refractivity contribution in [2.75, 3.05) is 18.5 Å². The molecular formula is C23H27N3O3. The first-order chi connectivity index (χ1) is 14.1. The molecule has 0 aliphatic rings. The quantitative estimate of drug-likeness (QED) is 0.591. The van der Waals surface area contributed by atoms with Gasteiger partial charge in [0.2, 0.25) is 5.91 Å². The van der Waals surface area contributed by atoms with Gasteiger partial charge in [-0.05, 0) is 44.0 Å². The molecule has 0 aliphatic heterocycles. The summed E-state index contributed by atoms with van der Waals surface area (Å²) < 4.78 is 13.0. The summed E-state index contributed by atoms with van der Waals surface area (Å²) >= 11 is 0. The van der Waals surface area contributed by atoms with Crippen molar-refractivity contribution in [3.05, 3.63) is 71.4 Å². The van der Waals surface area contributed by atoms with Crippen molar-refractivity contribution >= 4 is 11.7 Å². The molecule has 29 heavy (non-hydrogen) atoms. The second kappa shape index (κ2) is 9.78. The van der Waals surface area contributed by atoms with Gasteiger partial charge in [-0.2, -0.15) is 5.10 Å². The van der Waals surface area contributed by atoms with Gasteiger partial charge in [-0.25, -0.2) is 0 Å². The second-order valence-electron chi connectivity index (χ2n) is 6.76. The lowest BCUT2D eigenvalue weighted by Crippen LogP contribution is -2.15. The number of benzene rings is 2. The van der Waals surface area contributed by atoms with Crippen LogP contribution in [0, 0.1) is 6.92 Å². The van der Waals surface area contributed by atoms with Crippen LogP contribution in [0.1, 0.15) is 30.5 Å².